The van der Waals surface area contributed by atoms with Gasteiger partial charge < -0.3 is 20.4 Å². The largest absolute Gasteiger partial charge is 0.492 e. The van der Waals surface area contributed by atoms with Crippen LogP contribution in [0.2, 0.25) is 0 Å². The Kier molecular flexibility index (Phi) is 5.87. The predicted octanol–water partition coefficient (Wildman–Crippen LogP) is 5.63. The Morgan fingerprint density at radius 3 is 2.62 bits per heavy atom. The van der Waals surface area contributed by atoms with Gasteiger partial charge in [0, 0.05) is 35.1 Å². The van der Waals surface area contributed by atoms with Gasteiger partial charge in [-0.2, -0.15) is 0 Å². The highest BCUT2D eigenvalue weighted by Crippen LogP contribution is 2.45. The van der Waals surface area contributed by atoms with Gasteiger partial charge in [0.2, 0.25) is 0 Å². The number of hydrogen-bond donors (Lipinski definition) is 2. The molecule has 1 aliphatic rings. The number of ether oxygens (including phenoxy) is 1. The van der Waals surface area contributed by atoms with Gasteiger partial charge in [0.25, 0.3) is 5.91 Å². The van der Waals surface area contributed by atoms with Crippen molar-refractivity contribution >= 4 is 28.4 Å². The van der Waals surface area contributed by atoms with Crippen molar-refractivity contribution in [1.29, 1.82) is 0 Å². The minimum absolute atomic E-state index is 0.0799. The molecule has 2 aromatic carbocycles. The lowest BCUT2D eigenvalue weighted by Gasteiger charge is -2.12. The van der Waals surface area contributed by atoms with Crippen molar-refractivity contribution in [2.75, 3.05) is 17.7 Å². The van der Waals surface area contributed by atoms with Crippen LogP contribution in [0.3, 0.4) is 0 Å². The maximum Gasteiger partial charge on any atom is 0.250 e. The average Bonchev–Trinajstić information content (AvgIpc) is 3.48. The number of aromatic nitrogens is 4. The van der Waals surface area contributed by atoms with E-state index in [2.05, 4.69) is 40.1 Å². The summed E-state index contributed by atoms with van der Waals surface area (Å²) in [4.78, 5) is 25.7. The molecule has 0 saturated heterocycles. The number of fused-ring (bicyclic) bond motifs is 2. The summed E-state index contributed by atoms with van der Waals surface area (Å²) in [6, 6.07) is 20.1. The Morgan fingerprint density at radius 2 is 1.87 bits per heavy atom. The second kappa shape index (κ2) is 9.40. The van der Waals surface area contributed by atoms with Gasteiger partial charge in [-0.1, -0.05) is 36.9 Å². The number of nitrogens with one attached hydrogen (secondary N) is 1. The lowest BCUT2D eigenvalue weighted by Crippen LogP contribution is -2.11. The van der Waals surface area contributed by atoms with Gasteiger partial charge in [0.15, 0.2) is 0 Å². The molecule has 1 amide bonds. The van der Waals surface area contributed by atoms with E-state index in [1.165, 1.54) is 6.33 Å². The normalized spacial score (nSPS) is 14.2. The van der Waals surface area contributed by atoms with Crippen LogP contribution in [0.4, 0.5) is 11.5 Å². The molecule has 1 aliphatic heterocycles. The molecule has 6 rings (SSSR count). The van der Waals surface area contributed by atoms with Gasteiger partial charge in [-0.3, -0.25) is 9.78 Å². The fraction of sp³-hybridized carbons (Fsp3) is 0.161. The summed E-state index contributed by atoms with van der Waals surface area (Å²) in [5, 5.41) is 3.64. The standard InChI is InChI=1S/C31H28N6O2/c1-17(2)31(38)36-21-11-8-19(9-12-21)28-26(27-29(32)33-16-34-30(27)37(28)4)20-10-13-22-23(15-39-25(22)14-20)24-7-5-6-18(3)35-24/h5-14,16,23H,1,15H2,2-4H3,(H,36,38)(H2,32,33,34)/t23-/m1/s1. The van der Waals surface area contributed by atoms with Crippen molar-refractivity contribution in [2.45, 2.75) is 19.8 Å². The first-order valence-electron chi connectivity index (χ1n) is 12.7. The van der Waals surface area contributed by atoms with Crippen LogP contribution < -0.4 is 15.8 Å². The number of carbonyl (C=O) groups is 1. The van der Waals surface area contributed by atoms with Crippen LogP contribution in [-0.2, 0) is 11.8 Å². The van der Waals surface area contributed by atoms with Crippen LogP contribution in [-0.4, -0.2) is 32.0 Å². The predicted molar refractivity (Wildman–Crippen MR) is 154 cm³/mol. The van der Waals surface area contributed by atoms with E-state index in [1.807, 2.05) is 61.0 Å². The molecule has 0 bridgehead atoms. The molecule has 0 spiro atoms. The average molecular weight is 517 g/mol. The molecule has 0 saturated carbocycles. The number of benzene rings is 2. The lowest BCUT2D eigenvalue weighted by molar-refractivity contribution is -0.112. The van der Waals surface area contributed by atoms with Crippen molar-refractivity contribution in [1.82, 2.24) is 19.5 Å². The molecule has 0 radical (unpaired) electrons. The third kappa shape index (κ3) is 4.20. The first kappa shape index (κ1) is 24.4. The number of nitrogens with zero attached hydrogens (tertiary/aromatic N) is 4. The highest BCUT2D eigenvalue weighted by molar-refractivity contribution is 6.08. The Hall–Kier alpha value is -4.98. The van der Waals surface area contributed by atoms with Crippen LogP contribution in [0, 0.1) is 6.92 Å². The molecule has 0 unspecified atom stereocenters. The molecule has 8 nitrogen and oxygen atoms in total. The van der Waals surface area contributed by atoms with Crippen molar-refractivity contribution in [2.24, 2.45) is 7.05 Å². The van der Waals surface area contributed by atoms with E-state index in [9.17, 15) is 4.79 Å². The Bertz CT molecular complexity index is 1770. The highest BCUT2D eigenvalue weighted by Gasteiger charge is 2.29. The maximum absolute atomic E-state index is 12.1. The van der Waals surface area contributed by atoms with E-state index in [-0.39, 0.29) is 11.8 Å². The molecule has 1 atom stereocenters. The van der Waals surface area contributed by atoms with E-state index in [0.29, 0.717) is 23.7 Å². The summed E-state index contributed by atoms with van der Waals surface area (Å²) in [6.45, 7) is 7.92. The molecule has 4 heterocycles. The van der Waals surface area contributed by atoms with Crippen molar-refractivity contribution < 1.29 is 9.53 Å². The molecular weight excluding hydrogens is 488 g/mol. The number of aryl methyl sites for hydroxylation is 2. The van der Waals surface area contributed by atoms with Gasteiger partial charge in [-0.15, -0.1) is 0 Å². The van der Waals surface area contributed by atoms with Crippen LogP contribution in [0.15, 0.2) is 79.1 Å². The van der Waals surface area contributed by atoms with Gasteiger partial charge in [0.05, 0.1) is 22.7 Å². The molecule has 39 heavy (non-hydrogen) atoms. The van der Waals surface area contributed by atoms with Gasteiger partial charge >= 0.3 is 0 Å². The first-order chi connectivity index (χ1) is 18.8. The monoisotopic (exact) mass is 516 g/mol. The zero-order valence-electron chi connectivity index (χ0n) is 22.0. The summed E-state index contributed by atoms with van der Waals surface area (Å²) in [7, 11) is 1.97. The second-order valence-electron chi connectivity index (χ2n) is 9.87. The van der Waals surface area contributed by atoms with Crippen molar-refractivity contribution in [3.8, 4) is 28.1 Å². The first-order valence-corrected chi connectivity index (χ1v) is 12.7. The van der Waals surface area contributed by atoms with Crippen LogP contribution >= 0.6 is 0 Å². The van der Waals surface area contributed by atoms with E-state index in [4.69, 9.17) is 15.5 Å². The molecule has 194 valence electrons. The van der Waals surface area contributed by atoms with Crippen LogP contribution in [0.1, 0.15) is 29.8 Å². The van der Waals surface area contributed by atoms with E-state index >= 15 is 0 Å². The second-order valence-corrected chi connectivity index (χ2v) is 9.87. The number of hydrogen-bond acceptors (Lipinski definition) is 6. The molecule has 0 fully saturated rings. The number of nitrogens with two attached hydrogens (primary N) is 1. The maximum atomic E-state index is 12.1. The lowest BCUT2D eigenvalue weighted by atomic mass is 9.93. The minimum atomic E-state index is -0.214. The summed E-state index contributed by atoms with van der Waals surface area (Å²) in [6.07, 6.45) is 1.48. The summed E-state index contributed by atoms with van der Waals surface area (Å²) in [5.41, 5.74) is 15.2. The Morgan fingerprint density at radius 1 is 1.10 bits per heavy atom. The number of rotatable bonds is 5. The number of anilines is 2. The van der Waals surface area contributed by atoms with Crippen molar-refractivity contribution in [3.63, 3.8) is 0 Å². The van der Waals surface area contributed by atoms with E-state index < -0.39 is 0 Å². The summed E-state index contributed by atoms with van der Waals surface area (Å²) < 4.78 is 8.20. The van der Waals surface area contributed by atoms with Gasteiger partial charge in [0.1, 0.15) is 30.1 Å². The smallest absolute Gasteiger partial charge is 0.250 e. The fourth-order valence-corrected chi connectivity index (χ4v) is 5.21. The van der Waals surface area contributed by atoms with Gasteiger partial charge in [-0.05, 0) is 55.3 Å². The molecule has 0 aliphatic carbocycles. The van der Waals surface area contributed by atoms with Crippen LogP contribution in [0.5, 0.6) is 5.75 Å². The topological polar surface area (TPSA) is 108 Å². The Balaban J connectivity index is 1.47. The number of amides is 1. The van der Waals surface area contributed by atoms with Crippen molar-refractivity contribution in [3.05, 3.63) is 96.1 Å². The number of carbonyl (C=O) groups excluding carboxylic acids is 1. The molecule has 3 aromatic heterocycles. The Labute approximate surface area is 226 Å². The number of nitrogen functional groups attached to an aromatic ring is 1. The number of pyridine rings is 1. The molecule has 8 heteroatoms. The molecule has 5 aromatic rings. The molecule has 3 N–H and O–H groups in total. The summed E-state index contributed by atoms with van der Waals surface area (Å²) in [5.74, 6) is 1.10. The van der Waals surface area contributed by atoms with E-state index in [1.54, 1.807) is 6.92 Å². The fourth-order valence-electron chi connectivity index (χ4n) is 5.21. The zero-order valence-corrected chi connectivity index (χ0v) is 22.0. The minimum Gasteiger partial charge on any atom is -0.492 e. The molecular formula is C31H28N6O2. The zero-order chi connectivity index (χ0) is 27.3. The quantitative estimate of drug-likeness (QED) is 0.293. The third-order valence-corrected chi connectivity index (χ3v) is 7.15. The van der Waals surface area contributed by atoms with Gasteiger partial charge in [-0.25, -0.2) is 9.97 Å². The van der Waals surface area contributed by atoms with Crippen LogP contribution in [0.25, 0.3) is 33.4 Å². The highest BCUT2D eigenvalue weighted by atomic mass is 16.5. The summed E-state index contributed by atoms with van der Waals surface area (Å²) >= 11 is 0. The SMILES string of the molecule is C=C(C)C(=O)Nc1ccc(-c2c(-c3ccc4c(c3)OC[C@H]4c3cccc(C)n3)c3c(N)ncnc3n2C)cc1. The van der Waals surface area contributed by atoms with E-state index in [0.717, 1.165) is 56.1 Å². The third-order valence-electron chi connectivity index (χ3n) is 7.15.